The molecule has 0 aromatic carbocycles. The van der Waals surface area contributed by atoms with Crippen LogP contribution in [0.5, 0.6) is 0 Å². The summed E-state index contributed by atoms with van der Waals surface area (Å²) in [6, 6.07) is 1.25. The Morgan fingerprint density at radius 2 is 2.20 bits per heavy atom. The number of rotatable bonds is 1. The first kappa shape index (κ1) is 7.30. The molecule has 1 aromatic heterocycles. The first-order chi connectivity index (χ1) is 4.50. The Morgan fingerprint density at radius 3 is 2.40 bits per heavy atom. The van der Waals surface area contributed by atoms with Crippen molar-refractivity contribution >= 4 is 10.1 Å². The van der Waals surface area contributed by atoms with Gasteiger partial charge in [0.15, 0.2) is 0 Å². The summed E-state index contributed by atoms with van der Waals surface area (Å²) < 4.78 is 33.7. The fraction of sp³-hybridized carbons (Fsp3) is 0.200. The molecule has 0 aliphatic rings. The van der Waals surface area contributed by atoms with Crippen molar-refractivity contribution in [1.29, 1.82) is 0 Å². The van der Waals surface area contributed by atoms with E-state index in [0.29, 0.717) is 5.76 Å². The van der Waals surface area contributed by atoms with Gasteiger partial charge in [-0.1, -0.05) is 0 Å². The molecule has 0 aliphatic heterocycles. The zero-order valence-electron chi connectivity index (χ0n) is 5.23. The fourth-order valence-corrected chi connectivity index (χ4v) is 1.04. The van der Waals surface area contributed by atoms with Gasteiger partial charge < -0.3 is 4.42 Å². The van der Waals surface area contributed by atoms with E-state index >= 15 is 0 Å². The van der Waals surface area contributed by atoms with E-state index < -0.39 is 10.1 Å². The molecular weight excluding hydrogens is 156 g/mol. The van der Waals surface area contributed by atoms with E-state index in [0.717, 1.165) is 6.26 Å². The maximum Gasteiger partial charge on any atom is 0.297 e. The lowest BCUT2D eigenvalue weighted by atomic mass is 10.5. The summed E-state index contributed by atoms with van der Waals surface area (Å²) in [6.45, 7) is 1.59. The molecule has 10 heavy (non-hydrogen) atoms. The first-order valence-electron chi connectivity index (χ1n) is 2.53. The summed E-state index contributed by atoms with van der Waals surface area (Å²) in [5.74, 6) is 0.452. The van der Waals surface area contributed by atoms with Gasteiger partial charge in [0, 0.05) is 6.07 Å². The van der Waals surface area contributed by atoms with E-state index in [-0.39, 0.29) is 4.90 Å². The molecule has 4 nitrogen and oxygen atoms in total. The number of aryl methyl sites for hydroxylation is 1. The molecule has 1 aromatic rings. The Labute approximate surface area is 58.2 Å². The molecule has 0 radical (unpaired) electrons. The Kier molecular flexibility index (Phi) is 1.53. The molecule has 1 heterocycles. The van der Waals surface area contributed by atoms with Crippen molar-refractivity contribution in [2.24, 2.45) is 0 Å². The Balaban J connectivity index is 3.21. The van der Waals surface area contributed by atoms with Gasteiger partial charge in [0.25, 0.3) is 10.1 Å². The lowest BCUT2D eigenvalue weighted by Crippen LogP contribution is -1.94. The van der Waals surface area contributed by atoms with Gasteiger partial charge in [-0.2, -0.15) is 8.42 Å². The Bertz CT molecular complexity index is 321. The third-order valence-corrected chi connectivity index (χ3v) is 1.81. The molecule has 0 unspecified atom stereocenters. The van der Waals surface area contributed by atoms with Crippen LogP contribution in [0.1, 0.15) is 5.76 Å². The van der Waals surface area contributed by atoms with E-state index in [1.54, 1.807) is 6.92 Å². The smallest absolute Gasteiger partial charge is 0.297 e. The summed E-state index contributed by atoms with van der Waals surface area (Å²) in [4.78, 5) is -0.204. The third-order valence-electron chi connectivity index (χ3n) is 1.00. The summed E-state index contributed by atoms with van der Waals surface area (Å²) in [7, 11) is -4.08. The SMILES string of the molecule is Cc1cc(S(=O)(=O)O)co1. The van der Waals surface area contributed by atoms with Crippen LogP contribution in [-0.2, 0) is 10.1 Å². The molecule has 0 spiro atoms. The molecular formula is C5H6O4S. The molecule has 0 bridgehead atoms. The standard InChI is InChI=1S/C5H6O4S/c1-4-2-5(3-9-4)10(6,7)8/h2-3H,1H3,(H,6,7,8). The van der Waals surface area contributed by atoms with Crippen LogP contribution >= 0.6 is 0 Å². The van der Waals surface area contributed by atoms with Crippen molar-refractivity contribution in [3.8, 4) is 0 Å². The van der Waals surface area contributed by atoms with Crippen LogP contribution in [0.25, 0.3) is 0 Å². The first-order valence-corrected chi connectivity index (χ1v) is 3.97. The molecule has 0 atom stereocenters. The maximum absolute atomic E-state index is 10.3. The van der Waals surface area contributed by atoms with Crippen LogP contribution in [0.3, 0.4) is 0 Å². The van der Waals surface area contributed by atoms with Crippen molar-refractivity contribution in [2.75, 3.05) is 0 Å². The van der Waals surface area contributed by atoms with Crippen molar-refractivity contribution in [3.63, 3.8) is 0 Å². The maximum atomic E-state index is 10.3. The quantitative estimate of drug-likeness (QED) is 0.621. The lowest BCUT2D eigenvalue weighted by molar-refractivity contribution is 0.478. The second-order valence-corrected chi connectivity index (χ2v) is 3.29. The summed E-state index contributed by atoms with van der Waals surface area (Å²) in [5, 5.41) is 0. The van der Waals surface area contributed by atoms with Gasteiger partial charge in [-0.15, -0.1) is 0 Å². The van der Waals surface area contributed by atoms with Crippen LogP contribution in [-0.4, -0.2) is 13.0 Å². The monoisotopic (exact) mass is 162 g/mol. The summed E-state index contributed by atoms with van der Waals surface area (Å²) in [6.07, 6.45) is 0.991. The van der Waals surface area contributed by atoms with Gasteiger partial charge in [0.1, 0.15) is 16.9 Å². The average molecular weight is 162 g/mol. The molecule has 0 aliphatic carbocycles. The topological polar surface area (TPSA) is 67.5 Å². The molecule has 1 rings (SSSR count). The lowest BCUT2D eigenvalue weighted by Gasteiger charge is -1.84. The molecule has 0 saturated carbocycles. The highest BCUT2D eigenvalue weighted by molar-refractivity contribution is 7.85. The normalized spacial score (nSPS) is 11.8. The highest BCUT2D eigenvalue weighted by atomic mass is 32.2. The molecule has 1 N–H and O–H groups in total. The van der Waals surface area contributed by atoms with Crippen LogP contribution < -0.4 is 0 Å². The van der Waals surface area contributed by atoms with Crippen molar-refractivity contribution in [3.05, 3.63) is 18.1 Å². The molecule has 0 saturated heterocycles. The van der Waals surface area contributed by atoms with E-state index in [1.165, 1.54) is 6.07 Å². The van der Waals surface area contributed by atoms with Gasteiger partial charge in [-0.25, -0.2) is 0 Å². The van der Waals surface area contributed by atoms with Crippen molar-refractivity contribution < 1.29 is 17.4 Å². The zero-order chi connectivity index (χ0) is 7.78. The summed E-state index contributed by atoms with van der Waals surface area (Å²) >= 11 is 0. The molecule has 0 fully saturated rings. The Morgan fingerprint density at radius 1 is 1.60 bits per heavy atom. The molecule has 56 valence electrons. The summed E-state index contributed by atoms with van der Waals surface area (Å²) in [5.41, 5.74) is 0. The van der Waals surface area contributed by atoms with E-state index in [4.69, 9.17) is 4.55 Å². The van der Waals surface area contributed by atoms with Crippen molar-refractivity contribution in [1.82, 2.24) is 0 Å². The zero-order valence-corrected chi connectivity index (χ0v) is 6.05. The van der Waals surface area contributed by atoms with Gasteiger partial charge in [-0.3, -0.25) is 4.55 Å². The van der Waals surface area contributed by atoms with Crippen molar-refractivity contribution in [2.45, 2.75) is 11.8 Å². The van der Waals surface area contributed by atoms with Crippen LogP contribution in [0.15, 0.2) is 21.6 Å². The van der Waals surface area contributed by atoms with E-state index in [9.17, 15) is 8.42 Å². The predicted octanol–water partition coefficient (Wildman–Crippen LogP) is 0.835. The second kappa shape index (κ2) is 2.10. The number of furan rings is 1. The van der Waals surface area contributed by atoms with E-state index in [1.807, 2.05) is 0 Å². The van der Waals surface area contributed by atoms with E-state index in [2.05, 4.69) is 4.42 Å². The Hall–Kier alpha value is -0.810. The minimum atomic E-state index is -4.08. The van der Waals surface area contributed by atoms with Crippen LogP contribution in [0.4, 0.5) is 0 Å². The van der Waals surface area contributed by atoms with Crippen LogP contribution in [0, 0.1) is 6.92 Å². The number of hydrogen-bond acceptors (Lipinski definition) is 3. The average Bonchev–Trinajstić information content (AvgIpc) is 2.11. The third kappa shape index (κ3) is 1.37. The molecule has 5 heteroatoms. The largest absolute Gasteiger partial charge is 0.468 e. The van der Waals surface area contributed by atoms with Gasteiger partial charge in [0.2, 0.25) is 0 Å². The second-order valence-electron chi connectivity index (χ2n) is 1.87. The number of hydrogen-bond donors (Lipinski definition) is 1. The van der Waals surface area contributed by atoms with Crippen LogP contribution in [0.2, 0.25) is 0 Å². The minimum Gasteiger partial charge on any atom is -0.468 e. The minimum absolute atomic E-state index is 0.204. The van der Waals surface area contributed by atoms with Gasteiger partial charge in [-0.05, 0) is 6.92 Å². The highest BCUT2D eigenvalue weighted by Gasteiger charge is 2.11. The highest BCUT2D eigenvalue weighted by Crippen LogP contribution is 2.11. The van der Waals surface area contributed by atoms with Gasteiger partial charge >= 0.3 is 0 Å². The fourth-order valence-electron chi connectivity index (χ4n) is 0.555. The molecule has 0 amide bonds. The predicted molar refractivity (Wildman–Crippen MR) is 33.3 cm³/mol. The van der Waals surface area contributed by atoms with Gasteiger partial charge in [0.05, 0.1) is 0 Å².